The molecular formula is C27H27N3O2S. The van der Waals surface area contributed by atoms with Crippen LogP contribution in [0.4, 0.5) is 5.69 Å². The zero-order valence-corrected chi connectivity index (χ0v) is 19.3. The monoisotopic (exact) mass is 457 g/mol. The van der Waals surface area contributed by atoms with Crippen molar-refractivity contribution in [1.82, 2.24) is 9.80 Å². The summed E-state index contributed by atoms with van der Waals surface area (Å²) in [7, 11) is 0. The molecule has 2 aliphatic heterocycles. The molecule has 6 heteroatoms. The summed E-state index contributed by atoms with van der Waals surface area (Å²) in [5.41, 5.74) is 4.10. The molecule has 5 nitrogen and oxygen atoms in total. The first-order valence-electron chi connectivity index (χ1n) is 11.3. The molecule has 5 rings (SSSR count). The number of hydrogen-bond acceptors (Lipinski definition) is 4. The number of anilines is 1. The van der Waals surface area contributed by atoms with Crippen LogP contribution in [0.25, 0.3) is 0 Å². The average Bonchev–Trinajstić information content (AvgIpc) is 3.25. The predicted molar refractivity (Wildman–Crippen MR) is 133 cm³/mol. The van der Waals surface area contributed by atoms with Gasteiger partial charge in [-0.25, -0.2) is 0 Å². The van der Waals surface area contributed by atoms with Crippen LogP contribution in [0.3, 0.4) is 0 Å². The summed E-state index contributed by atoms with van der Waals surface area (Å²) in [4.78, 5) is 31.8. The lowest BCUT2D eigenvalue weighted by molar-refractivity contribution is -0.128. The summed E-state index contributed by atoms with van der Waals surface area (Å²) >= 11 is 1.65. The van der Waals surface area contributed by atoms with E-state index in [4.69, 9.17) is 0 Å². The Morgan fingerprint density at radius 2 is 1.45 bits per heavy atom. The lowest BCUT2D eigenvalue weighted by atomic mass is 10.1. The molecule has 2 aliphatic rings. The molecule has 2 amide bonds. The van der Waals surface area contributed by atoms with Crippen LogP contribution in [0, 0.1) is 0 Å². The van der Waals surface area contributed by atoms with Gasteiger partial charge in [-0.1, -0.05) is 60.7 Å². The Morgan fingerprint density at radius 3 is 2.12 bits per heavy atom. The fourth-order valence-electron chi connectivity index (χ4n) is 4.46. The molecule has 0 saturated carbocycles. The highest BCUT2D eigenvalue weighted by Gasteiger charge is 2.33. The minimum Gasteiger partial charge on any atom is -0.368 e. The van der Waals surface area contributed by atoms with Gasteiger partial charge in [0.25, 0.3) is 5.91 Å². The van der Waals surface area contributed by atoms with Gasteiger partial charge in [0.05, 0.1) is 5.75 Å². The molecule has 2 fully saturated rings. The second kappa shape index (κ2) is 9.71. The highest BCUT2D eigenvalue weighted by molar-refractivity contribution is 8.00. The van der Waals surface area contributed by atoms with E-state index in [0.717, 1.165) is 24.2 Å². The second-order valence-electron chi connectivity index (χ2n) is 8.41. The highest BCUT2D eigenvalue weighted by atomic mass is 32.2. The van der Waals surface area contributed by atoms with E-state index in [1.54, 1.807) is 11.8 Å². The Kier molecular flexibility index (Phi) is 6.35. The van der Waals surface area contributed by atoms with Crippen LogP contribution in [0.15, 0.2) is 84.9 Å². The van der Waals surface area contributed by atoms with Gasteiger partial charge in [0.1, 0.15) is 5.37 Å². The van der Waals surface area contributed by atoms with Gasteiger partial charge in [-0.05, 0) is 35.4 Å². The maximum absolute atomic E-state index is 13.1. The van der Waals surface area contributed by atoms with Crippen LogP contribution in [0.1, 0.15) is 26.9 Å². The zero-order chi connectivity index (χ0) is 22.6. The predicted octanol–water partition coefficient (Wildman–Crippen LogP) is 4.42. The summed E-state index contributed by atoms with van der Waals surface area (Å²) in [5, 5.41) is -0.0173. The van der Waals surface area contributed by atoms with Crippen LogP contribution in [-0.2, 0) is 11.3 Å². The Balaban J connectivity index is 1.23. The maximum atomic E-state index is 13.1. The number of carbonyl (C=O) groups excluding carboxylic acids is 2. The molecule has 2 heterocycles. The normalized spacial score (nSPS) is 18.6. The summed E-state index contributed by atoms with van der Waals surface area (Å²) in [6.07, 6.45) is 0. The minimum atomic E-state index is -0.0173. The third-order valence-corrected chi connectivity index (χ3v) is 7.55. The van der Waals surface area contributed by atoms with Crippen molar-refractivity contribution in [2.75, 3.05) is 36.8 Å². The van der Waals surface area contributed by atoms with Gasteiger partial charge in [0, 0.05) is 44.0 Å². The number of piperazine rings is 1. The number of thioether (sulfide) groups is 1. The number of para-hydroxylation sites is 1. The number of nitrogens with zero attached hydrogens (tertiary/aromatic N) is 3. The van der Waals surface area contributed by atoms with Gasteiger partial charge in [-0.3, -0.25) is 9.59 Å². The lowest BCUT2D eigenvalue weighted by Gasteiger charge is -2.36. The van der Waals surface area contributed by atoms with Crippen LogP contribution in [0.2, 0.25) is 0 Å². The lowest BCUT2D eigenvalue weighted by Crippen LogP contribution is -2.48. The maximum Gasteiger partial charge on any atom is 0.253 e. The van der Waals surface area contributed by atoms with E-state index in [1.165, 1.54) is 5.69 Å². The van der Waals surface area contributed by atoms with E-state index in [2.05, 4.69) is 17.0 Å². The van der Waals surface area contributed by atoms with Gasteiger partial charge >= 0.3 is 0 Å². The second-order valence-corrected chi connectivity index (χ2v) is 9.48. The van der Waals surface area contributed by atoms with E-state index >= 15 is 0 Å². The SMILES string of the molecule is O=C(c1ccc([C@@H]2SCC(=O)N2Cc2ccccc2)cc1)N1CCN(c2ccccc2)CC1. The molecule has 33 heavy (non-hydrogen) atoms. The quantitative estimate of drug-likeness (QED) is 0.569. The third-order valence-electron chi connectivity index (χ3n) is 6.29. The van der Waals surface area contributed by atoms with Gasteiger partial charge < -0.3 is 14.7 Å². The van der Waals surface area contributed by atoms with Gasteiger partial charge in [0.15, 0.2) is 0 Å². The van der Waals surface area contributed by atoms with E-state index < -0.39 is 0 Å². The fourth-order valence-corrected chi connectivity index (χ4v) is 5.65. The standard InChI is InChI=1S/C27H27N3O2S/c31-25-20-33-27(30(25)19-21-7-3-1-4-8-21)23-13-11-22(12-14-23)26(32)29-17-15-28(16-18-29)24-9-5-2-6-10-24/h1-14,27H,15-20H2/t27-/m0/s1. The van der Waals surface area contributed by atoms with Crippen LogP contribution in [-0.4, -0.2) is 53.5 Å². The smallest absolute Gasteiger partial charge is 0.253 e. The van der Waals surface area contributed by atoms with Crippen molar-refractivity contribution in [3.8, 4) is 0 Å². The molecule has 0 unspecified atom stereocenters. The topological polar surface area (TPSA) is 43.9 Å². The minimum absolute atomic E-state index is 0.0173. The highest BCUT2D eigenvalue weighted by Crippen LogP contribution is 2.39. The Bertz CT molecular complexity index is 1100. The molecular weight excluding hydrogens is 430 g/mol. The van der Waals surface area contributed by atoms with Crippen molar-refractivity contribution in [3.63, 3.8) is 0 Å². The van der Waals surface area contributed by atoms with Crippen molar-refractivity contribution >= 4 is 29.3 Å². The van der Waals surface area contributed by atoms with Gasteiger partial charge in [-0.15, -0.1) is 11.8 Å². The largest absolute Gasteiger partial charge is 0.368 e. The van der Waals surface area contributed by atoms with Crippen molar-refractivity contribution in [3.05, 3.63) is 102 Å². The molecule has 3 aromatic rings. The molecule has 0 N–H and O–H groups in total. The van der Waals surface area contributed by atoms with E-state index in [1.807, 2.05) is 82.6 Å². The molecule has 3 aromatic carbocycles. The van der Waals surface area contributed by atoms with E-state index in [0.29, 0.717) is 31.0 Å². The summed E-state index contributed by atoms with van der Waals surface area (Å²) in [6, 6.07) is 28.2. The van der Waals surface area contributed by atoms with Crippen molar-refractivity contribution < 1.29 is 9.59 Å². The third kappa shape index (κ3) is 4.76. The number of rotatable bonds is 5. The Hall–Kier alpha value is -3.25. The molecule has 0 bridgehead atoms. The van der Waals surface area contributed by atoms with Crippen LogP contribution < -0.4 is 4.90 Å². The fraction of sp³-hybridized carbons (Fsp3) is 0.259. The number of carbonyl (C=O) groups is 2. The zero-order valence-electron chi connectivity index (χ0n) is 18.5. The van der Waals surface area contributed by atoms with Crippen molar-refractivity contribution in [1.29, 1.82) is 0 Å². The molecule has 0 spiro atoms. The average molecular weight is 458 g/mol. The first kappa shape index (κ1) is 21.6. The molecule has 1 atom stereocenters. The summed E-state index contributed by atoms with van der Waals surface area (Å²) in [6.45, 7) is 3.70. The van der Waals surface area contributed by atoms with Crippen molar-refractivity contribution in [2.45, 2.75) is 11.9 Å². The Morgan fingerprint density at radius 1 is 0.818 bits per heavy atom. The number of hydrogen-bond donors (Lipinski definition) is 0. The summed E-state index contributed by atoms with van der Waals surface area (Å²) in [5.74, 6) is 0.722. The van der Waals surface area contributed by atoms with E-state index in [-0.39, 0.29) is 17.2 Å². The first-order valence-corrected chi connectivity index (χ1v) is 12.4. The molecule has 0 aromatic heterocycles. The number of benzene rings is 3. The van der Waals surface area contributed by atoms with Crippen LogP contribution in [0.5, 0.6) is 0 Å². The van der Waals surface area contributed by atoms with Gasteiger partial charge in [-0.2, -0.15) is 0 Å². The van der Waals surface area contributed by atoms with E-state index in [9.17, 15) is 9.59 Å². The molecule has 2 saturated heterocycles. The first-order chi connectivity index (χ1) is 16.2. The molecule has 168 valence electrons. The van der Waals surface area contributed by atoms with Crippen molar-refractivity contribution in [2.24, 2.45) is 0 Å². The summed E-state index contributed by atoms with van der Waals surface area (Å²) < 4.78 is 0. The Labute approximate surface area is 199 Å². The van der Waals surface area contributed by atoms with Crippen LogP contribution >= 0.6 is 11.8 Å². The molecule has 0 radical (unpaired) electrons. The van der Waals surface area contributed by atoms with Gasteiger partial charge in [0.2, 0.25) is 5.91 Å². The molecule has 0 aliphatic carbocycles. The number of amides is 2.